The molecule has 0 aromatic heterocycles. The lowest BCUT2D eigenvalue weighted by atomic mass is 10.0. The average Bonchev–Trinajstić information content (AvgIpc) is 3.04. The van der Waals surface area contributed by atoms with Crippen molar-refractivity contribution < 1.29 is 18.7 Å². The summed E-state index contributed by atoms with van der Waals surface area (Å²) in [7, 11) is 0. The molecule has 2 heterocycles. The molecule has 0 spiro atoms. The van der Waals surface area contributed by atoms with Gasteiger partial charge in [-0.15, -0.1) is 0 Å². The molecule has 0 radical (unpaired) electrons. The molecule has 3 rings (SSSR count). The largest absolute Gasteiger partial charge is 0.381 e. The fourth-order valence-electron chi connectivity index (χ4n) is 3.02. The van der Waals surface area contributed by atoms with Crippen LogP contribution in [-0.4, -0.2) is 54.5 Å². The number of carbonyl (C=O) groups is 2. The zero-order valence-electron chi connectivity index (χ0n) is 13.0. The molecule has 1 atom stereocenters. The van der Waals surface area contributed by atoms with Crippen LogP contribution in [0.5, 0.6) is 0 Å². The van der Waals surface area contributed by atoms with Gasteiger partial charge in [-0.25, -0.2) is 4.39 Å². The summed E-state index contributed by atoms with van der Waals surface area (Å²) in [6, 6.07) is 6.15. The van der Waals surface area contributed by atoms with E-state index in [9.17, 15) is 14.0 Å². The number of hydrogen-bond acceptors (Lipinski definition) is 3. The summed E-state index contributed by atoms with van der Waals surface area (Å²) in [4.78, 5) is 27.9. The smallest absolute Gasteiger partial charge is 0.242 e. The van der Waals surface area contributed by atoms with Crippen molar-refractivity contribution in [3.05, 3.63) is 35.6 Å². The Hall–Kier alpha value is -1.95. The monoisotopic (exact) mass is 320 g/mol. The van der Waals surface area contributed by atoms with Gasteiger partial charge in [0.25, 0.3) is 0 Å². The Kier molecular flexibility index (Phi) is 4.91. The zero-order chi connectivity index (χ0) is 16.2. The van der Waals surface area contributed by atoms with Crippen LogP contribution >= 0.6 is 0 Å². The van der Waals surface area contributed by atoms with Crippen LogP contribution in [0.2, 0.25) is 0 Å². The predicted molar refractivity (Wildman–Crippen MR) is 81.9 cm³/mol. The van der Waals surface area contributed by atoms with E-state index in [0.29, 0.717) is 32.7 Å². The van der Waals surface area contributed by atoms with Crippen molar-refractivity contribution in [3.63, 3.8) is 0 Å². The average molecular weight is 320 g/mol. The molecular formula is C17H21FN2O3. The van der Waals surface area contributed by atoms with E-state index in [0.717, 1.165) is 18.6 Å². The maximum atomic E-state index is 12.9. The van der Waals surface area contributed by atoms with Gasteiger partial charge in [-0.2, -0.15) is 0 Å². The Bertz CT molecular complexity index is 570. The minimum absolute atomic E-state index is 0.0373. The number of benzene rings is 1. The molecular weight excluding hydrogens is 299 g/mol. The Labute approximate surface area is 135 Å². The Morgan fingerprint density at radius 2 is 2.04 bits per heavy atom. The van der Waals surface area contributed by atoms with Crippen molar-refractivity contribution in [2.24, 2.45) is 5.92 Å². The van der Waals surface area contributed by atoms with E-state index in [1.807, 2.05) is 0 Å². The van der Waals surface area contributed by atoms with E-state index in [1.54, 1.807) is 21.9 Å². The van der Waals surface area contributed by atoms with Crippen LogP contribution in [-0.2, 0) is 20.9 Å². The fraction of sp³-hybridized carbons (Fsp3) is 0.529. The van der Waals surface area contributed by atoms with Crippen molar-refractivity contribution in [1.29, 1.82) is 0 Å². The Morgan fingerprint density at radius 1 is 1.26 bits per heavy atom. The SMILES string of the molecule is O=C(C[C@@H]1CCOC1)N1CCN(Cc2ccc(F)cc2)C(=O)C1. The number of hydrogen-bond donors (Lipinski definition) is 0. The highest BCUT2D eigenvalue weighted by Gasteiger charge is 2.29. The third-order valence-corrected chi connectivity index (χ3v) is 4.45. The number of ether oxygens (including phenoxy) is 1. The van der Waals surface area contributed by atoms with Gasteiger partial charge in [-0.05, 0) is 30.0 Å². The zero-order valence-corrected chi connectivity index (χ0v) is 13.0. The number of rotatable bonds is 4. The first-order valence-corrected chi connectivity index (χ1v) is 7.99. The summed E-state index contributed by atoms with van der Waals surface area (Å²) in [5, 5.41) is 0. The van der Waals surface area contributed by atoms with E-state index in [-0.39, 0.29) is 30.1 Å². The lowest BCUT2D eigenvalue weighted by Gasteiger charge is -2.34. The summed E-state index contributed by atoms with van der Waals surface area (Å²) >= 11 is 0. The van der Waals surface area contributed by atoms with Crippen molar-refractivity contribution in [2.75, 3.05) is 32.8 Å². The van der Waals surface area contributed by atoms with E-state index in [2.05, 4.69) is 0 Å². The summed E-state index contributed by atoms with van der Waals surface area (Å²) in [5.41, 5.74) is 0.891. The van der Waals surface area contributed by atoms with Crippen LogP contribution in [0.3, 0.4) is 0 Å². The summed E-state index contributed by atoms with van der Waals surface area (Å²) in [6.45, 7) is 3.03. The highest BCUT2D eigenvalue weighted by atomic mass is 19.1. The molecule has 124 valence electrons. The van der Waals surface area contributed by atoms with Crippen molar-refractivity contribution in [1.82, 2.24) is 9.80 Å². The molecule has 2 amide bonds. The number of halogens is 1. The van der Waals surface area contributed by atoms with Crippen molar-refractivity contribution >= 4 is 11.8 Å². The molecule has 2 aliphatic heterocycles. The minimum Gasteiger partial charge on any atom is -0.381 e. The highest BCUT2D eigenvalue weighted by Crippen LogP contribution is 2.18. The molecule has 2 fully saturated rings. The van der Waals surface area contributed by atoms with E-state index in [4.69, 9.17) is 4.74 Å². The number of piperazine rings is 1. The van der Waals surface area contributed by atoms with Gasteiger partial charge in [0.2, 0.25) is 11.8 Å². The van der Waals surface area contributed by atoms with Gasteiger partial charge >= 0.3 is 0 Å². The van der Waals surface area contributed by atoms with Gasteiger partial charge in [-0.1, -0.05) is 12.1 Å². The molecule has 1 aromatic carbocycles. The molecule has 0 bridgehead atoms. The minimum atomic E-state index is -0.286. The van der Waals surface area contributed by atoms with Crippen molar-refractivity contribution in [3.8, 4) is 0 Å². The molecule has 5 nitrogen and oxygen atoms in total. The first kappa shape index (κ1) is 15.9. The second kappa shape index (κ2) is 7.08. The number of nitrogens with zero attached hydrogens (tertiary/aromatic N) is 2. The molecule has 2 aliphatic rings. The maximum Gasteiger partial charge on any atom is 0.242 e. The van der Waals surface area contributed by atoms with Crippen LogP contribution in [0.25, 0.3) is 0 Å². The molecule has 0 saturated carbocycles. The van der Waals surface area contributed by atoms with Crippen LogP contribution in [0, 0.1) is 11.7 Å². The normalized spacial score (nSPS) is 21.8. The first-order chi connectivity index (χ1) is 11.1. The van der Waals surface area contributed by atoms with E-state index >= 15 is 0 Å². The van der Waals surface area contributed by atoms with E-state index < -0.39 is 0 Å². The summed E-state index contributed by atoms with van der Waals surface area (Å²) < 4.78 is 18.2. The van der Waals surface area contributed by atoms with Gasteiger partial charge in [-0.3, -0.25) is 9.59 Å². The standard InChI is InChI=1S/C17H21FN2O3/c18-15-3-1-13(2-4-15)10-19-6-7-20(11-17(19)22)16(21)9-14-5-8-23-12-14/h1-4,14H,5-12H2/t14-/m0/s1. The molecule has 23 heavy (non-hydrogen) atoms. The fourth-order valence-corrected chi connectivity index (χ4v) is 3.02. The predicted octanol–water partition coefficient (Wildman–Crippen LogP) is 1.42. The molecule has 0 unspecified atom stereocenters. The van der Waals surface area contributed by atoms with Crippen molar-refractivity contribution in [2.45, 2.75) is 19.4 Å². The van der Waals surface area contributed by atoms with Gasteiger partial charge in [0, 0.05) is 39.3 Å². The topological polar surface area (TPSA) is 49.9 Å². The molecule has 0 N–H and O–H groups in total. The Morgan fingerprint density at radius 3 is 2.70 bits per heavy atom. The number of carbonyl (C=O) groups excluding carboxylic acids is 2. The van der Waals surface area contributed by atoms with Gasteiger partial charge < -0.3 is 14.5 Å². The van der Waals surface area contributed by atoms with E-state index in [1.165, 1.54) is 12.1 Å². The van der Waals surface area contributed by atoms with Crippen LogP contribution < -0.4 is 0 Å². The Balaban J connectivity index is 1.51. The summed E-state index contributed by atoms with van der Waals surface area (Å²) in [6.07, 6.45) is 1.38. The highest BCUT2D eigenvalue weighted by molar-refractivity contribution is 5.86. The molecule has 2 saturated heterocycles. The first-order valence-electron chi connectivity index (χ1n) is 7.99. The lowest BCUT2D eigenvalue weighted by molar-refractivity contribution is -0.146. The second-order valence-electron chi connectivity index (χ2n) is 6.19. The van der Waals surface area contributed by atoms with Crippen LogP contribution in [0.1, 0.15) is 18.4 Å². The quantitative estimate of drug-likeness (QED) is 0.843. The summed E-state index contributed by atoms with van der Waals surface area (Å²) in [5.74, 6) is -0.0203. The van der Waals surface area contributed by atoms with Gasteiger partial charge in [0.15, 0.2) is 0 Å². The van der Waals surface area contributed by atoms with Gasteiger partial charge in [0.1, 0.15) is 5.82 Å². The number of amides is 2. The van der Waals surface area contributed by atoms with Gasteiger partial charge in [0.05, 0.1) is 6.54 Å². The van der Waals surface area contributed by atoms with Crippen LogP contribution in [0.15, 0.2) is 24.3 Å². The molecule has 6 heteroatoms. The second-order valence-corrected chi connectivity index (χ2v) is 6.19. The maximum absolute atomic E-state index is 12.9. The van der Waals surface area contributed by atoms with Crippen LogP contribution in [0.4, 0.5) is 4.39 Å². The third kappa shape index (κ3) is 4.07. The molecule has 1 aromatic rings. The lowest BCUT2D eigenvalue weighted by Crippen LogP contribution is -2.52. The molecule has 0 aliphatic carbocycles. The third-order valence-electron chi connectivity index (χ3n) is 4.45.